The Morgan fingerprint density at radius 3 is 2.83 bits per heavy atom. The molecule has 106 valence electrons. The molecule has 1 aliphatic rings. The highest BCUT2D eigenvalue weighted by Gasteiger charge is 2.28. The molecule has 0 aromatic rings. The molecule has 3 atom stereocenters. The van der Waals surface area contributed by atoms with Gasteiger partial charge in [0, 0.05) is 12.8 Å². The predicted molar refractivity (Wildman–Crippen MR) is 62.8 cm³/mol. The van der Waals surface area contributed by atoms with Gasteiger partial charge in [0.05, 0.1) is 38.4 Å². The van der Waals surface area contributed by atoms with E-state index in [0.717, 1.165) is 0 Å². The van der Waals surface area contributed by atoms with Gasteiger partial charge in [-0.25, -0.2) is 0 Å². The molecule has 0 aliphatic carbocycles. The zero-order chi connectivity index (χ0) is 13.6. The highest BCUT2D eigenvalue weighted by Crippen LogP contribution is 2.19. The van der Waals surface area contributed by atoms with Gasteiger partial charge >= 0.3 is 5.97 Å². The molecule has 0 amide bonds. The summed E-state index contributed by atoms with van der Waals surface area (Å²) in [6, 6.07) is 0. The van der Waals surface area contributed by atoms with Crippen LogP contribution in [-0.2, 0) is 19.0 Å². The second-order valence-corrected chi connectivity index (χ2v) is 4.64. The van der Waals surface area contributed by atoms with Crippen molar-refractivity contribution in [3.8, 4) is 0 Å². The first-order valence-electron chi connectivity index (χ1n) is 6.24. The third kappa shape index (κ3) is 5.77. The van der Waals surface area contributed by atoms with Crippen molar-refractivity contribution in [2.75, 3.05) is 19.8 Å². The van der Waals surface area contributed by atoms with Gasteiger partial charge in [-0.15, -0.1) is 0 Å². The smallest absolute Gasteiger partial charge is 0.305 e. The van der Waals surface area contributed by atoms with Crippen LogP contribution >= 0.6 is 0 Å². The minimum absolute atomic E-state index is 0.106. The maximum atomic E-state index is 11.1. The fraction of sp³-hybridized carbons (Fsp3) is 0.917. The Morgan fingerprint density at radius 2 is 2.28 bits per heavy atom. The minimum Gasteiger partial charge on any atom is -0.466 e. The van der Waals surface area contributed by atoms with E-state index in [-0.39, 0.29) is 31.5 Å². The second kappa shape index (κ2) is 7.04. The summed E-state index contributed by atoms with van der Waals surface area (Å²) >= 11 is 0. The maximum absolute atomic E-state index is 11.1. The van der Waals surface area contributed by atoms with Gasteiger partial charge in [0.15, 0.2) is 5.79 Å². The van der Waals surface area contributed by atoms with Crippen LogP contribution in [0.25, 0.3) is 0 Å². The molecule has 1 rings (SSSR count). The Labute approximate surface area is 107 Å². The van der Waals surface area contributed by atoms with Crippen molar-refractivity contribution in [3.63, 3.8) is 0 Å². The number of aliphatic hydroxyl groups is 2. The summed E-state index contributed by atoms with van der Waals surface area (Å²) in [6.45, 7) is 4.06. The topological polar surface area (TPSA) is 85.2 Å². The van der Waals surface area contributed by atoms with Gasteiger partial charge in [0.2, 0.25) is 0 Å². The number of esters is 1. The Bertz CT molecular complexity index is 265. The molecule has 0 aromatic carbocycles. The molecule has 2 N–H and O–H groups in total. The van der Waals surface area contributed by atoms with Crippen LogP contribution in [0.4, 0.5) is 0 Å². The lowest BCUT2D eigenvalue weighted by molar-refractivity contribution is -0.209. The number of hydrogen-bond acceptors (Lipinski definition) is 6. The van der Waals surface area contributed by atoms with Crippen LogP contribution in [0.3, 0.4) is 0 Å². The number of hydrogen-bond donors (Lipinski definition) is 2. The molecule has 6 heteroatoms. The van der Waals surface area contributed by atoms with Crippen molar-refractivity contribution >= 4 is 5.97 Å². The molecule has 0 bridgehead atoms. The summed E-state index contributed by atoms with van der Waals surface area (Å²) in [5.41, 5.74) is 0. The Kier molecular flexibility index (Phi) is 6.01. The molecule has 1 fully saturated rings. The number of carbonyl (C=O) groups is 1. The third-order valence-electron chi connectivity index (χ3n) is 2.74. The van der Waals surface area contributed by atoms with E-state index in [0.29, 0.717) is 19.6 Å². The second-order valence-electron chi connectivity index (χ2n) is 4.64. The zero-order valence-electron chi connectivity index (χ0n) is 10.9. The number of rotatable bonds is 7. The maximum Gasteiger partial charge on any atom is 0.305 e. The normalized spacial score (nSPS) is 26.9. The molecule has 18 heavy (non-hydrogen) atoms. The largest absolute Gasteiger partial charge is 0.466 e. The van der Waals surface area contributed by atoms with E-state index in [2.05, 4.69) is 0 Å². The predicted octanol–water partition coefficient (Wildman–Crippen LogP) is 0.205. The van der Waals surface area contributed by atoms with Crippen molar-refractivity contribution in [2.45, 2.75) is 51.1 Å². The molecule has 0 radical (unpaired) electrons. The first kappa shape index (κ1) is 15.4. The van der Waals surface area contributed by atoms with Crippen LogP contribution in [0.1, 0.15) is 33.1 Å². The van der Waals surface area contributed by atoms with Gasteiger partial charge in [0.1, 0.15) is 0 Å². The van der Waals surface area contributed by atoms with Crippen molar-refractivity contribution in [1.29, 1.82) is 0 Å². The molecule has 1 saturated heterocycles. The van der Waals surface area contributed by atoms with Crippen molar-refractivity contribution in [2.24, 2.45) is 0 Å². The molecule has 0 aromatic heterocycles. The van der Waals surface area contributed by atoms with Gasteiger partial charge in [-0.1, -0.05) is 0 Å². The van der Waals surface area contributed by atoms with Crippen LogP contribution < -0.4 is 0 Å². The average molecular weight is 262 g/mol. The Balaban J connectivity index is 2.20. The van der Waals surface area contributed by atoms with E-state index in [1.807, 2.05) is 0 Å². The van der Waals surface area contributed by atoms with Crippen molar-refractivity contribution < 1.29 is 29.2 Å². The van der Waals surface area contributed by atoms with Gasteiger partial charge in [0.25, 0.3) is 0 Å². The molecule has 1 heterocycles. The molecule has 0 unspecified atom stereocenters. The van der Waals surface area contributed by atoms with Gasteiger partial charge in [-0.2, -0.15) is 0 Å². The quantitative estimate of drug-likeness (QED) is 0.504. The first-order chi connectivity index (χ1) is 8.43. The summed E-state index contributed by atoms with van der Waals surface area (Å²) in [5, 5.41) is 19.2. The highest BCUT2D eigenvalue weighted by atomic mass is 16.6. The lowest BCUT2D eigenvalue weighted by Crippen LogP contribution is -2.33. The average Bonchev–Trinajstić information content (AvgIpc) is 2.71. The summed E-state index contributed by atoms with van der Waals surface area (Å²) < 4.78 is 15.3. The summed E-state index contributed by atoms with van der Waals surface area (Å²) in [6.07, 6.45) is 0.126. The van der Waals surface area contributed by atoms with Gasteiger partial charge in [-0.05, 0) is 13.8 Å². The molecule has 0 spiro atoms. The van der Waals surface area contributed by atoms with E-state index in [9.17, 15) is 15.0 Å². The molecular formula is C12H22O6. The summed E-state index contributed by atoms with van der Waals surface area (Å²) in [4.78, 5) is 11.1. The van der Waals surface area contributed by atoms with Crippen molar-refractivity contribution in [1.82, 2.24) is 0 Å². The minimum atomic E-state index is -1.39. The Hall–Kier alpha value is -0.690. The standard InChI is InChI=1S/C12H22O6/c1-3-16-11(14)4-5-12(2,15)18-8-10-6-9(13)7-17-10/h9-10,13,15H,3-8H2,1-2H3/t9-,10+,12+/m0/s1. The molecule has 0 saturated carbocycles. The molecular weight excluding hydrogens is 240 g/mol. The van der Waals surface area contributed by atoms with E-state index in [4.69, 9.17) is 14.2 Å². The zero-order valence-corrected chi connectivity index (χ0v) is 10.9. The van der Waals surface area contributed by atoms with Gasteiger partial charge < -0.3 is 24.4 Å². The van der Waals surface area contributed by atoms with Gasteiger partial charge in [-0.3, -0.25) is 4.79 Å². The first-order valence-corrected chi connectivity index (χ1v) is 6.24. The van der Waals surface area contributed by atoms with E-state index < -0.39 is 11.9 Å². The number of carbonyl (C=O) groups excluding carboxylic acids is 1. The Morgan fingerprint density at radius 1 is 1.56 bits per heavy atom. The van der Waals surface area contributed by atoms with Crippen LogP contribution in [0, 0.1) is 0 Å². The monoisotopic (exact) mass is 262 g/mol. The number of ether oxygens (including phenoxy) is 3. The SMILES string of the molecule is CCOC(=O)CC[C@](C)(O)OC[C@H]1C[C@H](O)CO1. The summed E-state index contributed by atoms with van der Waals surface area (Å²) in [5.74, 6) is -1.74. The summed E-state index contributed by atoms with van der Waals surface area (Å²) in [7, 11) is 0. The molecule has 6 nitrogen and oxygen atoms in total. The van der Waals surface area contributed by atoms with Crippen LogP contribution in [-0.4, -0.2) is 54.0 Å². The lowest BCUT2D eigenvalue weighted by Gasteiger charge is -2.25. The highest BCUT2D eigenvalue weighted by molar-refractivity contribution is 5.69. The van der Waals surface area contributed by atoms with Crippen LogP contribution in [0.15, 0.2) is 0 Å². The van der Waals surface area contributed by atoms with E-state index in [1.54, 1.807) is 6.92 Å². The van der Waals surface area contributed by atoms with E-state index in [1.165, 1.54) is 6.92 Å². The third-order valence-corrected chi connectivity index (χ3v) is 2.74. The van der Waals surface area contributed by atoms with Crippen molar-refractivity contribution in [3.05, 3.63) is 0 Å². The fourth-order valence-electron chi connectivity index (χ4n) is 1.71. The number of aliphatic hydroxyl groups excluding tert-OH is 1. The van der Waals surface area contributed by atoms with Crippen LogP contribution in [0.2, 0.25) is 0 Å². The molecule has 1 aliphatic heterocycles. The van der Waals surface area contributed by atoms with E-state index >= 15 is 0 Å². The fourth-order valence-corrected chi connectivity index (χ4v) is 1.71. The van der Waals surface area contributed by atoms with Crippen LogP contribution in [0.5, 0.6) is 0 Å². The lowest BCUT2D eigenvalue weighted by atomic mass is 10.1.